The van der Waals surface area contributed by atoms with Crippen LogP contribution >= 0.6 is 11.8 Å². The monoisotopic (exact) mass is 291 g/mol. The third-order valence-corrected chi connectivity index (χ3v) is 3.92. The van der Waals surface area contributed by atoms with E-state index in [9.17, 15) is 4.39 Å². The molecule has 0 aromatic heterocycles. The first-order chi connectivity index (χ1) is 9.76. The summed E-state index contributed by atoms with van der Waals surface area (Å²) in [5.74, 6) is 1.46. The maximum atomic E-state index is 13.6. The summed E-state index contributed by atoms with van der Waals surface area (Å²) < 4.78 is 19.3. The van der Waals surface area contributed by atoms with Crippen molar-refractivity contribution in [1.82, 2.24) is 0 Å². The van der Waals surface area contributed by atoms with E-state index in [4.69, 9.17) is 10.5 Å². The Hall–Kier alpha value is -1.52. The van der Waals surface area contributed by atoms with E-state index in [0.717, 1.165) is 22.0 Å². The zero-order valence-electron chi connectivity index (χ0n) is 11.4. The van der Waals surface area contributed by atoms with E-state index in [1.807, 2.05) is 18.2 Å². The minimum Gasteiger partial charge on any atom is -0.488 e. The van der Waals surface area contributed by atoms with Crippen LogP contribution in [0.2, 0.25) is 0 Å². The third-order valence-electron chi connectivity index (χ3n) is 2.94. The minimum absolute atomic E-state index is 0.208. The van der Waals surface area contributed by atoms with Crippen molar-refractivity contribution in [2.45, 2.75) is 25.0 Å². The molecular weight excluding hydrogens is 273 g/mol. The average Bonchev–Trinajstić information content (AvgIpc) is 2.47. The highest BCUT2D eigenvalue weighted by atomic mass is 32.2. The summed E-state index contributed by atoms with van der Waals surface area (Å²) >= 11 is 1.73. The predicted molar refractivity (Wildman–Crippen MR) is 81.5 cm³/mol. The molecule has 0 saturated carbocycles. The van der Waals surface area contributed by atoms with Crippen LogP contribution in [0.4, 0.5) is 4.39 Å². The molecule has 20 heavy (non-hydrogen) atoms. The Bertz CT molecular complexity index is 574. The van der Waals surface area contributed by atoms with Gasteiger partial charge in [-0.15, -0.1) is 11.8 Å². The first-order valence-electron chi connectivity index (χ1n) is 6.57. The van der Waals surface area contributed by atoms with Crippen LogP contribution in [0, 0.1) is 5.82 Å². The fraction of sp³-hybridized carbons (Fsp3) is 0.250. The summed E-state index contributed by atoms with van der Waals surface area (Å²) in [6.07, 6.45) is 0. The largest absolute Gasteiger partial charge is 0.488 e. The quantitative estimate of drug-likeness (QED) is 0.818. The van der Waals surface area contributed by atoms with Gasteiger partial charge in [-0.1, -0.05) is 31.2 Å². The Morgan fingerprint density at radius 2 is 1.95 bits per heavy atom. The second-order valence-corrected chi connectivity index (χ2v) is 5.56. The number of benzene rings is 2. The fourth-order valence-electron chi connectivity index (χ4n) is 1.94. The van der Waals surface area contributed by atoms with Crippen molar-refractivity contribution in [3.05, 3.63) is 59.4 Å². The van der Waals surface area contributed by atoms with E-state index >= 15 is 0 Å². The zero-order chi connectivity index (χ0) is 14.4. The summed E-state index contributed by atoms with van der Waals surface area (Å²) in [6.45, 7) is 2.72. The molecule has 0 aliphatic rings. The molecule has 0 spiro atoms. The van der Waals surface area contributed by atoms with Crippen LogP contribution in [-0.2, 0) is 13.2 Å². The SMILES string of the molecule is CCSc1cccc(OCc2ccccc2F)c1CN. The Labute approximate surface area is 123 Å². The van der Waals surface area contributed by atoms with Crippen molar-refractivity contribution in [3.8, 4) is 5.75 Å². The number of thioether (sulfide) groups is 1. The number of halogens is 1. The summed E-state index contributed by atoms with van der Waals surface area (Å²) in [7, 11) is 0. The normalized spacial score (nSPS) is 10.6. The van der Waals surface area contributed by atoms with Gasteiger partial charge in [-0.25, -0.2) is 4.39 Å². The van der Waals surface area contributed by atoms with Crippen LogP contribution in [0.5, 0.6) is 5.75 Å². The molecule has 4 heteroatoms. The first kappa shape index (κ1) is 14.9. The van der Waals surface area contributed by atoms with Gasteiger partial charge in [0.1, 0.15) is 18.2 Å². The molecule has 0 unspecified atom stereocenters. The number of nitrogens with two attached hydrogens (primary N) is 1. The van der Waals surface area contributed by atoms with Crippen molar-refractivity contribution < 1.29 is 9.13 Å². The number of ether oxygens (including phenoxy) is 1. The van der Waals surface area contributed by atoms with Crippen molar-refractivity contribution >= 4 is 11.8 Å². The van der Waals surface area contributed by atoms with Gasteiger partial charge < -0.3 is 10.5 Å². The van der Waals surface area contributed by atoms with Gasteiger partial charge in [0, 0.05) is 22.6 Å². The average molecular weight is 291 g/mol. The van der Waals surface area contributed by atoms with Crippen molar-refractivity contribution in [2.24, 2.45) is 5.73 Å². The fourth-order valence-corrected chi connectivity index (χ4v) is 2.79. The van der Waals surface area contributed by atoms with Crippen LogP contribution in [-0.4, -0.2) is 5.75 Å². The maximum Gasteiger partial charge on any atom is 0.129 e. The van der Waals surface area contributed by atoms with Gasteiger partial charge in [0.25, 0.3) is 0 Å². The lowest BCUT2D eigenvalue weighted by Crippen LogP contribution is -2.05. The zero-order valence-corrected chi connectivity index (χ0v) is 12.3. The van der Waals surface area contributed by atoms with E-state index in [0.29, 0.717) is 12.1 Å². The van der Waals surface area contributed by atoms with Crippen LogP contribution < -0.4 is 10.5 Å². The van der Waals surface area contributed by atoms with Crippen LogP contribution in [0.1, 0.15) is 18.1 Å². The highest BCUT2D eigenvalue weighted by Gasteiger charge is 2.09. The van der Waals surface area contributed by atoms with E-state index < -0.39 is 0 Å². The second kappa shape index (κ2) is 7.31. The van der Waals surface area contributed by atoms with Crippen LogP contribution in [0.3, 0.4) is 0 Å². The molecule has 0 saturated heterocycles. The molecule has 2 nitrogen and oxygen atoms in total. The summed E-state index contributed by atoms with van der Waals surface area (Å²) in [5, 5.41) is 0. The Morgan fingerprint density at radius 3 is 2.65 bits per heavy atom. The van der Waals surface area contributed by atoms with E-state index in [2.05, 4.69) is 6.92 Å². The summed E-state index contributed by atoms with van der Waals surface area (Å²) in [5.41, 5.74) is 7.34. The maximum absolute atomic E-state index is 13.6. The second-order valence-electron chi connectivity index (χ2n) is 4.25. The molecule has 0 aliphatic carbocycles. The molecule has 2 aromatic carbocycles. The molecule has 2 aromatic rings. The molecule has 0 fully saturated rings. The molecule has 0 bridgehead atoms. The molecular formula is C16H18FNOS. The van der Waals surface area contributed by atoms with Gasteiger partial charge >= 0.3 is 0 Å². The van der Waals surface area contributed by atoms with E-state index in [-0.39, 0.29) is 12.4 Å². The lowest BCUT2D eigenvalue weighted by molar-refractivity contribution is 0.296. The summed E-state index contributed by atoms with van der Waals surface area (Å²) in [4.78, 5) is 1.13. The smallest absolute Gasteiger partial charge is 0.129 e. The number of hydrogen-bond acceptors (Lipinski definition) is 3. The number of rotatable bonds is 6. The molecule has 0 aliphatic heterocycles. The van der Waals surface area contributed by atoms with Crippen molar-refractivity contribution in [1.29, 1.82) is 0 Å². The molecule has 0 heterocycles. The minimum atomic E-state index is -0.249. The van der Waals surface area contributed by atoms with Gasteiger partial charge in [0.2, 0.25) is 0 Å². The van der Waals surface area contributed by atoms with Gasteiger partial charge in [0.05, 0.1) is 0 Å². The Balaban J connectivity index is 2.17. The highest BCUT2D eigenvalue weighted by molar-refractivity contribution is 7.99. The highest BCUT2D eigenvalue weighted by Crippen LogP contribution is 2.30. The molecule has 2 N–H and O–H groups in total. The lowest BCUT2D eigenvalue weighted by Gasteiger charge is -2.14. The van der Waals surface area contributed by atoms with Crippen molar-refractivity contribution in [3.63, 3.8) is 0 Å². The molecule has 106 valence electrons. The van der Waals surface area contributed by atoms with E-state index in [1.165, 1.54) is 6.07 Å². The first-order valence-corrected chi connectivity index (χ1v) is 7.55. The van der Waals surface area contributed by atoms with Crippen LogP contribution in [0.25, 0.3) is 0 Å². The van der Waals surface area contributed by atoms with Crippen LogP contribution in [0.15, 0.2) is 47.4 Å². The van der Waals surface area contributed by atoms with Gasteiger partial charge in [-0.2, -0.15) is 0 Å². The molecule has 0 atom stereocenters. The third kappa shape index (κ3) is 3.52. The van der Waals surface area contributed by atoms with Gasteiger partial charge in [-0.05, 0) is 24.0 Å². The lowest BCUT2D eigenvalue weighted by atomic mass is 10.2. The Morgan fingerprint density at radius 1 is 1.15 bits per heavy atom. The van der Waals surface area contributed by atoms with E-state index in [1.54, 1.807) is 30.0 Å². The summed E-state index contributed by atoms with van der Waals surface area (Å²) in [6, 6.07) is 12.5. The predicted octanol–water partition coefficient (Wildman–Crippen LogP) is 3.98. The molecule has 0 amide bonds. The van der Waals surface area contributed by atoms with Gasteiger partial charge in [0.15, 0.2) is 0 Å². The number of hydrogen-bond donors (Lipinski definition) is 1. The van der Waals surface area contributed by atoms with Crippen molar-refractivity contribution in [2.75, 3.05) is 5.75 Å². The van der Waals surface area contributed by atoms with Gasteiger partial charge in [-0.3, -0.25) is 0 Å². The topological polar surface area (TPSA) is 35.2 Å². The standard InChI is InChI=1S/C16H18FNOS/c1-2-20-16-9-5-8-15(13(16)10-18)19-11-12-6-3-4-7-14(12)17/h3-9H,2,10-11,18H2,1H3. The molecule has 0 radical (unpaired) electrons. The molecule has 2 rings (SSSR count). The Kier molecular flexibility index (Phi) is 5.44.